The molecule has 0 aliphatic carbocycles. The van der Waals surface area contributed by atoms with E-state index >= 15 is 0 Å². The molecule has 1 aromatic rings. The van der Waals surface area contributed by atoms with Gasteiger partial charge in [0.25, 0.3) is 0 Å². The van der Waals surface area contributed by atoms with E-state index in [1.54, 1.807) is 17.1 Å². The Morgan fingerprint density at radius 2 is 1.86 bits per heavy atom. The monoisotopic (exact) mass is 351 g/mol. The zero-order valence-corrected chi connectivity index (χ0v) is 13.5. The van der Waals surface area contributed by atoms with Crippen LogP contribution in [0.2, 0.25) is 0 Å². The van der Waals surface area contributed by atoms with Gasteiger partial charge in [0.15, 0.2) is 0 Å². The first-order valence-corrected chi connectivity index (χ1v) is 7.70. The van der Waals surface area contributed by atoms with Crippen molar-refractivity contribution < 1.29 is 14.3 Å². The second-order valence-electron chi connectivity index (χ2n) is 5.01. The molecule has 1 aromatic carbocycles. The fraction of sp³-hybridized carbons (Fsp3) is 0.375. The lowest BCUT2D eigenvalue weighted by Gasteiger charge is -2.29. The van der Waals surface area contributed by atoms with Crippen LogP contribution in [-0.2, 0) is 14.3 Å². The number of carbonyl (C=O) groups is 2. The van der Waals surface area contributed by atoms with Gasteiger partial charge in [-0.3, -0.25) is 9.59 Å². The third kappa shape index (κ3) is 4.43. The van der Waals surface area contributed by atoms with Crippen LogP contribution >= 0.6 is 15.9 Å². The van der Waals surface area contributed by atoms with Crippen LogP contribution in [0.5, 0.6) is 0 Å². The number of hydrogen-bond donors (Lipinski definition) is 0. The van der Waals surface area contributed by atoms with Gasteiger partial charge in [0.1, 0.15) is 0 Å². The molecule has 0 N–H and O–H groups in total. The minimum Gasteiger partial charge on any atom is -0.469 e. The van der Waals surface area contributed by atoms with Crippen molar-refractivity contribution in [3.8, 4) is 0 Å². The molecule has 0 saturated carbocycles. The molecule has 0 radical (unpaired) electrons. The van der Waals surface area contributed by atoms with Gasteiger partial charge in [-0.05, 0) is 36.6 Å². The number of amides is 1. The second kappa shape index (κ2) is 7.41. The molecule has 0 aromatic heterocycles. The maximum atomic E-state index is 12.1. The lowest BCUT2D eigenvalue weighted by Crippen LogP contribution is -2.39. The van der Waals surface area contributed by atoms with E-state index in [1.165, 1.54) is 7.11 Å². The number of likely N-dealkylation sites (tertiary alicyclic amines) is 1. The van der Waals surface area contributed by atoms with E-state index in [0.29, 0.717) is 25.9 Å². The molecule has 1 saturated heterocycles. The molecule has 21 heavy (non-hydrogen) atoms. The minimum absolute atomic E-state index is 0.0127. The summed E-state index contributed by atoms with van der Waals surface area (Å²) < 4.78 is 5.75. The quantitative estimate of drug-likeness (QED) is 0.621. The summed E-state index contributed by atoms with van der Waals surface area (Å²) in [6, 6.07) is 7.76. The average molecular weight is 352 g/mol. The summed E-state index contributed by atoms with van der Waals surface area (Å²) in [4.78, 5) is 25.3. The summed E-state index contributed by atoms with van der Waals surface area (Å²) in [5.41, 5.74) is 0.982. The van der Waals surface area contributed by atoms with Crippen LogP contribution < -0.4 is 0 Å². The SMILES string of the molecule is COC(=O)C1CCN(C(=O)/C=C\c2ccc(Br)cc2)CC1. The number of halogens is 1. The van der Waals surface area contributed by atoms with Crippen LogP contribution in [0.4, 0.5) is 0 Å². The standard InChI is InChI=1S/C16H18BrNO3/c1-21-16(20)13-8-10-18(11-9-13)15(19)7-4-12-2-5-14(17)6-3-12/h2-7,13H,8-11H2,1H3/b7-4-. The number of nitrogens with zero attached hydrogens (tertiary/aromatic N) is 1. The smallest absolute Gasteiger partial charge is 0.308 e. The first kappa shape index (κ1) is 15.8. The lowest BCUT2D eigenvalue weighted by molar-refractivity contribution is -0.148. The van der Waals surface area contributed by atoms with E-state index in [2.05, 4.69) is 15.9 Å². The molecule has 1 aliphatic heterocycles. The Bertz CT molecular complexity index is 531. The van der Waals surface area contributed by atoms with E-state index in [0.717, 1.165) is 10.0 Å². The number of methoxy groups -OCH3 is 1. The van der Waals surface area contributed by atoms with Crippen molar-refractivity contribution in [2.24, 2.45) is 5.92 Å². The predicted octanol–water partition coefficient (Wildman–Crippen LogP) is 2.87. The van der Waals surface area contributed by atoms with Crippen LogP contribution in [0, 0.1) is 5.92 Å². The number of benzene rings is 1. The fourth-order valence-electron chi connectivity index (χ4n) is 2.35. The van der Waals surface area contributed by atoms with Crippen LogP contribution in [0.25, 0.3) is 6.08 Å². The van der Waals surface area contributed by atoms with Crippen LogP contribution in [0.1, 0.15) is 18.4 Å². The normalized spacial score (nSPS) is 16.2. The van der Waals surface area contributed by atoms with E-state index < -0.39 is 0 Å². The molecule has 0 unspecified atom stereocenters. The lowest BCUT2D eigenvalue weighted by atomic mass is 9.97. The third-order valence-corrected chi connectivity index (χ3v) is 4.16. The Morgan fingerprint density at radius 3 is 2.43 bits per heavy atom. The van der Waals surface area contributed by atoms with Gasteiger partial charge in [-0.15, -0.1) is 0 Å². The Morgan fingerprint density at radius 1 is 1.24 bits per heavy atom. The van der Waals surface area contributed by atoms with E-state index in [1.807, 2.05) is 24.3 Å². The number of ether oxygens (including phenoxy) is 1. The zero-order valence-electron chi connectivity index (χ0n) is 11.9. The highest BCUT2D eigenvalue weighted by molar-refractivity contribution is 9.10. The first-order valence-electron chi connectivity index (χ1n) is 6.90. The third-order valence-electron chi connectivity index (χ3n) is 3.63. The molecule has 0 spiro atoms. The molecular weight excluding hydrogens is 334 g/mol. The molecular formula is C16H18BrNO3. The molecule has 1 fully saturated rings. The van der Waals surface area contributed by atoms with E-state index in [9.17, 15) is 9.59 Å². The largest absolute Gasteiger partial charge is 0.469 e. The van der Waals surface area contributed by atoms with Crippen molar-refractivity contribution in [1.29, 1.82) is 0 Å². The number of esters is 1. The molecule has 112 valence electrons. The summed E-state index contributed by atoms with van der Waals surface area (Å²) in [5.74, 6) is -0.261. The number of hydrogen-bond acceptors (Lipinski definition) is 3. The highest BCUT2D eigenvalue weighted by Gasteiger charge is 2.26. The number of rotatable bonds is 3. The second-order valence-corrected chi connectivity index (χ2v) is 5.92. The fourth-order valence-corrected chi connectivity index (χ4v) is 2.61. The Labute approximate surface area is 132 Å². The highest BCUT2D eigenvalue weighted by Crippen LogP contribution is 2.19. The van der Waals surface area contributed by atoms with Gasteiger partial charge in [0.2, 0.25) is 5.91 Å². The van der Waals surface area contributed by atoms with Gasteiger partial charge >= 0.3 is 5.97 Å². The maximum Gasteiger partial charge on any atom is 0.308 e. The molecule has 2 rings (SSSR count). The van der Waals surface area contributed by atoms with Crippen molar-refractivity contribution in [2.45, 2.75) is 12.8 Å². The summed E-state index contributed by atoms with van der Waals surface area (Å²) in [6.07, 6.45) is 4.73. The topological polar surface area (TPSA) is 46.6 Å². The average Bonchev–Trinajstić information content (AvgIpc) is 2.53. The van der Waals surface area contributed by atoms with Crippen LogP contribution in [-0.4, -0.2) is 37.0 Å². The number of carbonyl (C=O) groups excluding carboxylic acids is 2. The van der Waals surface area contributed by atoms with Crippen molar-refractivity contribution in [3.05, 3.63) is 40.4 Å². The van der Waals surface area contributed by atoms with E-state index in [-0.39, 0.29) is 17.8 Å². The predicted molar refractivity (Wildman–Crippen MR) is 84.5 cm³/mol. The summed E-state index contributed by atoms with van der Waals surface area (Å²) in [6.45, 7) is 1.20. The van der Waals surface area contributed by atoms with Crippen molar-refractivity contribution in [2.75, 3.05) is 20.2 Å². The van der Waals surface area contributed by atoms with Gasteiger partial charge < -0.3 is 9.64 Å². The Balaban J connectivity index is 1.87. The summed E-state index contributed by atoms with van der Waals surface area (Å²) in [5, 5.41) is 0. The minimum atomic E-state index is -0.174. The molecule has 1 heterocycles. The van der Waals surface area contributed by atoms with Gasteiger partial charge in [-0.2, -0.15) is 0 Å². The van der Waals surface area contributed by atoms with Gasteiger partial charge in [0, 0.05) is 23.6 Å². The van der Waals surface area contributed by atoms with Gasteiger partial charge in [-0.1, -0.05) is 28.1 Å². The summed E-state index contributed by atoms with van der Waals surface area (Å²) >= 11 is 3.37. The van der Waals surface area contributed by atoms with Gasteiger partial charge in [0.05, 0.1) is 13.0 Å². The maximum absolute atomic E-state index is 12.1. The van der Waals surface area contributed by atoms with E-state index in [4.69, 9.17) is 4.74 Å². The highest BCUT2D eigenvalue weighted by atomic mass is 79.9. The molecule has 0 bridgehead atoms. The Hall–Kier alpha value is -1.62. The van der Waals surface area contributed by atoms with Crippen molar-refractivity contribution in [1.82, 2.24) is 4.90 Å². The number of piperidine rings is 1. The Kier molecular flexibility index (Phi) is 5.56. The zero-order chi connectivity index (χ0) is 15.2. The summed E-state index contributed by atoms with van der Waals surface area (Å²) in [7, 11) is 1.40. The van der Waals surface area contributed by atoms with Crippen LogP contribution in [0.15, 0.2) is 34.8 Å². The molecule has 4 nitrogen and oxygen atoms in total. The van der Waals surface area contributed by atoms with Crippen LogP contribution in [0.3, 0.4) is 0 Å². The van der Waals surface area contributed by atoms with Crippen molar-refractivity contribution in [3.63, 3.8) is 0 Å². The first-order chi connectivity index (χ1) is 10.1. The van der Waals surface area contributed by atoms with Gasteiger partial charge in [-0.25, -0.2) is 0 Å². The molecule has 1 aliphatic rings. The molecule has 0 atom stereocenters. The molecule has 1 amide bonds. The molecule has 5 heteroatoms. The van der Waals surface area contributed by atoms with Crippen molar-refractivity contribution >= 4 is 33.9 Å².